The van der Waals surface area contributed by atoms with Gasteiger partial charge < -0.3 is 5.11 Å². The molecular formula is C17H14O3. The fourth-order valence-electron chi connectivity index (χ4n) is 2.66. The summed E-state index contributed by atoms with van der Waals surface area (Å²) in [6, 6.07) is 12.6. The molecule has 0 amide bonds. The summed E-state index contributed by atoms with van der Waals surface area (Å²) in [4.78, 5) is 22.8. The summed E-state index contributed by atoms with van der Waals surface area (Å²) < 4.78 is 0. The highest BCUT2D eigenvalue weighted by molar-refractivity contribution is 5.99. The van der Waals surface area contributed by atoms with E-state index in [1.54, 1.807) is 18.2 Å². The first kappa shape index (κ1) is 12.6. The molecule has 0 saturated heterocycles. The molecule has 0 aromatic heterocycles. The Morgan fingerprint density at radius 1 is 1.00 bits per heavy atom. The van der Waals surface area contributed by atoms with Crippen molar-refractivity contribution in [3.05, 3.63) is 59.2 Å². The van der Waals surface area contributed by atoms with Gasteiger partial charge in [0.15, 0.2) is 5.78 Å². The lowest BCUT2D eigenvalue weighted by molar-refractivity contribution is 0.0696. The Labute approximate surface area is 116 Å². The van der Waals surface area contributed by atoms with E-state index in [0.717, 1.165) is 35.1 Å². The number of rotatable bonds is 2. The van der Waals surface area contributed by atoms with Gasteiger partial charge >= 0.3 is 5.97 Å². The molecular weight excluding hydrogens is 252 g/mol. The average Bonchev–Trinajstić information content (AvgIpc) is 2.47. The fourth-order valence-corrected chi connectivity index (χ4v) is 2.66. The van der Waals surface area contributed by atoms with Crippen molar-refractivity contribution >= 4 is 11.8 Å². The number of Topliss-reactive ketones (excluding diaryl/α,β-unsaturated/α-hetero) is 1. The predicted molar refractivity (Wildman–Crippen MR) is 76.1 cm³/mol. The largest absolute Gasteiger partial charge is 0.478 e. The van der Waals surface area contributed by atoms with E-state index in [2.05, 4.69) is 0 Å². The topological polar surface area (TPSA) is 54.4 Å². The van der Waals surface area contributed by atoms with E-state index < -0.39 is 5.97 Å². The van der Waals surface area contributed by atoms with Crippen molar-refractivity contribution in [3.63, 3.8) is 0 Å². The van der Waals surface area contributed by atoms with Gasteiger partial charge in [-0.1, -0.05) is 30.3 Å². The van der Waals surface area contributed by atoms with Crippen LogP contribution in [-0.4, -0.2) is 16.9 Å². The van der Waals surface area contributed by atoms with Crippen LogP contribution in [0.2, 0.25) is 0 Å². The molecule has 1 aliphatic rings. The summed E-state index contributed by atoms with van der Waals surface area (Å²) in [7, 11) is 0. The molecule has 0 heterocycles. The van der Waals surface area contributed by atoms with Crippen LogP contribution in [0, 0.1) is 0 Å². The van der Waals surface area contributed by atoms with Gasteiger partial charge in [0.25, 0.3) is 0 Å². The number of aryl methyl sites for hydroxylation is 1. The molecule has 0 radical (unpaired) electrons. The van der Waals surface area contributed by atoms with E-state index in [4.69, 9.17) is 5.11 Å². The second-order valence-corrected chi connectivity index (χ2v) is 5.03. The van der Waals surface area contributed by atoms with Gasteiger partial charge in [0.1, 0.15) is 0 Å². The van der Waals surface area contributed by atoms with Crippen LogP contribution >= 0.6 is 0 Å². The average molecular weight is 266 g/mol. The first-order valence-corrected chi connectivity index (χ1v) is 6.65. The molecule has 20 heavy (non-hydrogen) atoms. The third kappa shape index (κ3) is 2.23. The van der Waals surface area contributed by atoms with Gasteiger partial charge in [0.05, 0.1) is 5.56 Å². The van der Waals surface area contributed by atoms with E-state index in [1.165, 1.54) is 0 Å². The van der Waals surface area contributed by atoms with Crippen molar-refractivity contribution in [2.75, 3.05) is 0 Å². The maximum absolute atomic E-state index is 11.8. The molecule has 1 aliphatic carbocycles. The van der Waals surface area contributed by atoms with E-state index in [9.17, 15) is 9.59 Å². The van der Waals surface area contributed by atoms with Crippen molar-refractivity contribution < 1.29 is 14.7 Å². The molecule has 0 aliphatic heterocycles. The predicted octanol–water partition coefficient (Wildman–Crippen LogP) is 3.57. The highest BCUT2D eigenvalue weighted by Crippen LogP contribution is 2.28. The normalized spacial score (nSPS) is 13.9. The maximum Gasteiger partial charge on any atom is 0.335 e. The molecule has 0 spiro atoms. The van der Waals surface area contributed by atoms with E-state index in [-0.39, 0.29) is 11.3 Å². The SMILES string of the molecule is O=C(O)c1cccc(-c2ccc3c(c2)CCCC3=O)c1. The first-order valence-electron chi connectivity index (χ1n) is 6.65. The lowest BCUT2D eigenvalue weighted by Crippen LogP contribution is -2.10. The molecule has 0 saturated carbocycles. The highest BCUT2D eigenvalue weighted by Gasteiger charge is 2.17. The number of aromatic carboxylic acids is 1. The quantitative estimate of drug-likeness (QED) is 0.904. The molecule has 2 aromatic carbocycles. The monoisotopic (exact) mass is 266 g/mol. The Hall–Kier alpha value is -2.42. The number of hydrogen-bond donors (Lipinski definition) is 1. The minimum absolute atomic E-state index is 0.206. The zero-order valence-corrected chi connectivity index (χ0v) is 10.9. The van der Waals surface area contributed by atoms with Gasteiger partial charge in [0.2, 0.25) is 0 Å². The summed E-state index contributed by atoms with van der Waals surface area (Å²) in [6.45, 7) is 0. The molecule has 1 N–H and O–H groups in total. The summed E-state index contributed by atoms with van der Waals surface area (Å²) >= 11 is 0. The van der Waals surface area contributed by atoms with Crippen LogP contribution in [0.15, 0.2) is 42.5 Å². The second-order valence-electron chi connectivity index (χ2n) is 5.03. The van der Waals surface area contributed by atoms with Crippen molar-refractivity contribution in [2.24, 2.45) is 0 Å². The number of ketones is 1. The molecule has 3 rings (SSSR count). The summed E-state index contributed by atoms with van der Waals surface area (Å²) in [5.41, 5.74) is 3.98. The van der Waals surface area contributed by atoms with Gasteiger partial charge in [-0.3, -0.25) is 4.79 Å². The van der Waals surface area contributed by atoms with Gasteiger partial charge in [-0.2, -0.15) is 0 Å². The van der Waals surface area contributed by atoms with E-state index in [0.29, 0.717) is 6.42 Å². The number of carboxylic acids is 1. The summed E-state index contributed by atoms with van der Waals surface area (Å²) in [5, 5.41) is 9.04. The van der Waals surface area contributed by atoms with Crippen LogP contribution in [-0.2, 0) is 6.42 Å². The van der Waals surface area contributed by atoms with Crippen molar-refractivity contribution in [3.8, 4) is 11.1 Å². The number of carbonyl (C=O) groups is 2. The Morgan fingerprint density at radius 3 is 2.60 bits per heavy atom. The third-order valence-corrected chi connectivity index (χ3v) is 3.70. The fraction of sp³-hybridized carbons (Fsp3) is 0.176. The zero-order chi connectivity index (χ0) is 14.1. The Bertz CT molecular complexity index is 701. The summed E-state index contributed by atoms with van der Waals surface area (Å²) in [5.74, 6) is -0.725. The maximum atomic E-state index is 11.8. The standard InChI is InChI=1S/C17H14O3/c18-16-6-2-4-13-9-12(7-8-15(13)16)11-3-1-5-14(10-11)17(19)20/h1,3,5,7-10H,2,4,6H2,(H,19,20). The molecule has 0 bridgehead atoms. The molecule has 3 nitrogen and oxygen atoms in total. The number of benzene rings is 2. The minimum atomic E-state index is -0.931. The van der Waals surface area contributed by atoms with E-state index in [1.807, 2.05) is 24.3 Å². The van der Waals surface area contributed by atoms with Crippen LogP contribution in [0.25, 0.3) is 11.1 Å². The van der Waals surface area contributed by atoms with Gasteiger partial charge in [-0.15, -0.1) is 0 Å². The Balaban J connectivity index is 2.05. The smallest absolute Gasteiger partial charge is 0.335 e. The van der Waals surface area contributed by atoms with Crippen LogP contribution < -0.4 is 0 Å². The van der Waals surface area contributed by atoms with Gasteiger partial charge in [-0.05, 0) is 41.7 Å². The molecule has 0 atom stereocenters. The summed E-state index contributed by atoms with van der Waals surface area (Å²) in [6.07, 6.45) is 2.43. The van der Waals surface area contributed by atoms with Crippen LogP contribution in [0.1, 0.15) is 39.1 Å². The van der Waals surface area contributed by atoms with Crippen LogP contribution in [0.4, 0.5) is 0 Å². The van der Waals surface area contributed by atoms with Crippen molar-refractivity contribution in [1.82, 2.24) is 0 Å². The molecule has 0 fully saturated rings. The molecule has 3 heteroatoms. The molecule has 100 valence electrons. The lowest BCUT2D eigenvalue weighted by atomic mass is 9.88. The Kier molecular flexibility index (Phi) is 3.11. The minimum Gasteiger partial charge on any atom is -0.478 e. The zero-order valence-electron chi connectivity index (χ0n) is 10.9. The Morgan fingerprint density at radius 2 is 1.80 bits per heavy atom. The number of fused-ring (bicyclic) bond motifs is 1. The number of carbonyl (C=O) groups excluding carboxylic acids is 1. The lowest BCUT2D eigenvalue weighted by Gasteiger charge is -2.15. The molecule has 0 unspecified atom stereocenters. The van der Waals surface area contributed by atoms with Gasteiger partial charge in [-0.25, -0.2) is 4.79 Å². The second kappa shape index (κ2) is 4.93. The van der Waals surface area contributed by atoms with Gasteiger partial charge in [0, 0.05) is 12.0 Å². The number of hydrogen-bond acceptors (Lipinski definition) is 2. The highest BCUT2D eigenvalue weighted by atomic mass is 16.4. The van der Waals surface area contributed by atoms with Crippen LogP contribution in [0.3, 0.4) is 0 Å². The van der Waals surface area contributed by atoms with Crippen LogP contribution in [0.5, 0.6) is 0 Å². The molecule has 2 aromatic rings. The first-order chi connectivity index (χ1) is 9.65. The number of carboxylic acid groups (broad SMARTS) is 1. The third-order valence-electron chi connectivity index (χ3n) is 3.70. The van der Waals surface area contributed by atoms with E-state index >= 15 is 0 Å². The van der Waals surface area contributed by atoms with Crippen molar-refractivity contribution in [1.29, 1.82) is 0 Å². The van der Waals surface area contributed by atoms with Crippen molar-refractivity contribution in [2.45, 2.75) is 19.3 Å².